The number of aromatic nitrogens is 5. The lowest BCUT2D eigenvalue weighted by molar-refractivity contribution is -0.149. The molecule has 4 aliphatic rings. The maximum absolute atomic E-state index is 13.2. The van der Waals surface area contributed by atoms with Crippen LogP contribution in [0.3, 0.4) is 0 Å². The van der Waals surface area contributed by atoms with E-state index in [1.807, 2.05) is 25.1 Å². The van der Waals surface area contributed by atoms with Crippen LogP contribution in [0.1, 0.15) is 81.0 Å². The monoisotopic (exact) mass is 837 g/mol. The number of fused-ring (bicyclic) bond motifs is 2. The Morgan fingerprint density at radius 3 is 2.52 bits per heavy atom. The van der Waals surface area contributed by atoms with E-state index in [1.54, 1.807) is 52.7 Å². The SMILES string of the molecule is Cc1cc(S(=O)(=O)NCCOC2CC3(C2)CN(CCCc2ccc4c(c2)n(C)c(=O)n4C2CCC(=O)NC2=O)C3)ccc1Nc1ncc2ccc(=O)n(C3CCCC3)c2n1. The summed E-state index contributed by atoms with van der Waals surface area (Å²) in [6.45, 7) is 5.32. The average molecular weight is 838 g/mol. The van der Waals surface area contributed by atoms with E-state index < -0.39 is 22.0 Å². The third-order valence-electron chi connectivity index (χ3n) is 12.9. The Morgan fingerprint density at radius 1 is 0.950 bits per heavy atom. The summed E-state index contributed by atoms with van der Waals surface area (Å²) >= 11 is 0. The zero-order valence-corrected chi connectivity index (χ0v) is 34.8. The van der Waals surface area contributed by atoms with Gasteiger partial charge in [0.2, 0.25) is 27.8 Å². The molecule has 2 aliphatic carbocycles. The lowest BCUT2D eigenvalue weighted by Gasteiger charge is -2.59. The Bertz CT molecular complexity index is 2720. The van der Waals surface area contributed by atoms with Crippen LogP contribution in [0, 0.1) is 12.3 Å². The Kier molecular flexibility index (Phi) is 10.7. The Labute approximate surface area is 347 Å². The van der Waals surface area contributed by atoms with Gasteiger partial charge in [-0.2, -0.15) is 4.98 Å². The van der Waals surface area contributed by atoms with Crippen molar-refractivity contribution in [3.05, 3.63) is 86.7 Å². The molecule has 16 nitrogen and oxygen atoms in total. The van der Waals surface area contributed by atoms with Gasteiger partial charge < -0.3 is 15.0 Å². The van der Waals surface area contributed by atoms with Crippen molar-refractivity contribution < 1.29 is 22.7 Å². The fourth-order valence-corrected chi connectivity index (χ4v) is 10.9. The number of imidazole rings is 1. The number of likely N-dealkylation sites (tertiary alicyclic amines) is 1. The summed E-state index contributed by atoms with van der Waals surface area (Å²) in [5, 5.41) is 6.36. The zero-order valence-electron chi connectivity index (χ0n) is 34.0. The van der Waals surface area contributed by atoms with Crippen LogP contribution in [0.25, 0.3) is 22.1 Å². The number of aryl methyl sites for hydroxylation is 3. The van der Waals surface area contributed by atoms with E-state index in [9.17, 15) is 27.6 Å². The van der Waals surface area contributed by atoms with Crippen molar-refractivity contribution in [3.8, 4) is 0 Å². The maximum atomic E-state index is 13.2. The molecule has 316 valence electrons. The van der Waals surface area contributed by atoms with Crippen molar-refractivity contribution in [2.45, 2.75) is 94.2 Å². The molecule has 4 fully saturated rings. The van der Waals surface area contributed by atoms with Crippen LogP contribution in [0.15, 0.2) is 69.2 Å². The Morgan fingerprint density at radius 2 is 1.75 bits per heavy atom. The molecule has 9 rings (SSSR count). The van der Waals surface area contributed by atoms with Crippen LogP contribution >= 0.6 is 0 Å². The minimum absolute atomic E-state index is 0.0684. The summed E-state index contributed by atoms with van der Waals surface area (Å²) in [4.78, 5) is 61.8. The minimum atomic E-state index is -3.76. The van der Waals surface area contributed by atoms with Crippen LogP contribution in [-0.4, -0.2) is 87.7 Å². The third-order valence-corrected chi connectivity index (χ3v) is 14.4. The number of benzene rings is 2. The van der Waals surface area contributed by atoms with Crippen LogP contribution in [0.4, 0.5) is 11.6 Å². The lowest BCUT2D eigenvalue weighted by Crippen LogP contribution is -2.64. The summed E-state index contributed by atoms with van der Waals surface area (Å²) in [6, 6.07) is 13.6. The summed E-state index contributed by atoms with van der Waals surface area (Å²) in [7, 11) is -2.04. The molecule has 2 aliphatic heterocycles. The van der Waals surface area contributed by atoms with Gasteiger partial charge in [0, 0.05) is 67.9 Å². The van der Waals surface area contributed by atoms with Gasteiger partial charge in [-0.05, 0) is 106 Å². The highest BCUT2D eigenvalue weighted by atomic mass is 32.2. The largest absolute Gasteiger partial charge is 0.377 e. The second-order valence-corrected chi connectivity index (χ2v) is 18.9. The molecule has 2 saturated heterocycles. The molecule has 2 aromatic carbocycles. The molecule has 17 heteroatoms. The molecule has 3 aromatic heterocycles. The molecular formula is C43H51N9O7S. The maximum Gasteiger partial charge on any atom is 0.329 e. The highest BCUT2D eigenvalue weighted by Gasteiger charge is 2.52. The fourth-order valence-electron chi connectivity index (χ4n) is 9.81. The molecule has 0 bridgehead atoms. The average Bonchev–Trinajstić information content (AvgIpc) is 3.81. The topological polar surface area (TPSA) is 192 Å². The number of sulfonamides is 1. The van der Waals surface area contributed by atoms with E-state index in [1.165, 1.54) is 4.57 Å². The molecule has 1 atom stereocenters. The number of hydrogen-bond donors (Lipinski definition) is 3. The van der Waals surface area contributed by atoms with Crippen molar-refractivity contribution in [2.75, 3.05) is 38.1 Å². The van der Waals surface area contributed by atoms with E-state index in [-0.39, 0.29) is 52.6 Å². The number of hydrogen-bond acceptors (Lipinski definition) is 11. The molecule has 60 heavy (non-hydrogen) atoms. The van der Waals surface area contributed by atoms with Gasteiger partial charge in [0.25, 0.3) is 5.56 Å². The Hall–Kier alpha value is -5.23. The molecule has 1 unspecified atom stereocenters. The molecule has 2 saturated carbocycles. The second kappa shape index (κ2) is 16.0. The predicted octanol–water partition coefficient (Wildman–Crippen LogP) is 3.98. The molecular weight excluding hydrogens is 787 g/mol. The van der Waals surface area contributed by atoms with Gasteiger partial charge in [-0.3, -0.25) is 33.4 Å². The van der Waals surface area contributed by atoms with Crippen molar-refractivity contribution in [3.63, 3.8) is 0 Å². The standard InChI is InChI=1S/C43H51N9O7S/c1-27-20-32(11-12-33(27)46-41-44-24-29-10-16-38(54)51(39(29)48-41)30-7-3-4-8-30)60(57,58)45-17-19-59-31-22-43(23-31)25-50(26-43)18-5-6-28-9-13-34-36(21-28)49(2)42(56)52(34)35-14-15-37(53)47-40(35)55/h9-13,16,20-21,24,30-31,35,45H,3-8,14-15,17-19,22-23,25-26H2,1-2H3,(H,44,46,48)(H,47,53,55). The van der Waals surface area contributed by atoms with Crippen molar-refractivity contribution in [2.24, 2.45) is 12.5 Å². The number of pyridine rings is 1. The van der Waals surface area contributed by atoms with Crippen LogP contribution in [0.2, 0.25) is 0 Å². The first-order valence-corrected chi connectivity index (χ1v) is 22.5. The van der Waals surface area contributed by atoms with Gasteiger partial charge in [0.15, 0.2) is 0 Å². The number of piperidine rings is 1. The summed E-state index contributed by atoms with van der Waals surface area (Å²) in [5.74, 6) is -0.404. The third kappa shape index (κ3) is 7.79. The zero-order chi connectivity index (χ0) is 41.8. The molecule has 0 radical (unpaired) electrons. The van der Waals surface area contributed by atoms with Crippen LogP contribution < -0.4 is 26.6 Å². The van der Waals surface area contributed by atoms with Gasteiger partial charge in [0.05, 0.1) is 28.6 Å². The van der Waals surface area contributed by atoms with Gasteiger partial charge in [-0.25, -0.2) is 22.9 Å². The first-order valence-electron chi connectivity index (χ1n) is 21.0. The molecule has 5 aromatic rings. The number of anilines is 2. The summed E-state index contributed by atoms with van der Waals surface area (Å²) in [5.41, 5.74) is 4.53. The van der Waals surface area contributed by atoms with Gasteiger partial charge in [0.1, 0.15) is 11.7 Å². The first kappa shape index (κ1) is 40.2. The molecule has 5 heterocycles. The first-order chi connectivity index (χ1) is 28.9. The minimum Gasteiger partial charge on any atom is -0.377 e. The number of nitrogens with zero attached hydrogens (tertiary/aromatic N) is 6. The van der Waals surface area contributed by atoms with E-state index >= 15 is 0 Å². The Balaban J connectivity index is 0.702. The number of imide groups is 1. The second-order valence-electron chi connectivity index (χ2n) is 17.2. The number of amides is 2. The number of rotatable bonds is 14. The predicted molar refractivity (Wildman–Crippen MR) is 226 cm³/mol. The van der Waals surface area contributed by atoms with E-state index in [0.717, 1.165) is 87.5 Å². The van der Waals surface area contributed by atoms with E-state index in [0.29, 0.717) is 41.4 Å². The van der Waals surface area contributed by atoms with E-state index in [4.69, 9.17) is 9.72 Å². The van der Waals surface area contributed by atoms with Gasteiger partial charge in [-0.1, -0.05) is 18.9 Å². The highest BCUT2D eigenvalue weighted by Crippen LogP contribution is 2.49. The number of nitrogens with one attached hydrogen (secondary N) is 3. The molecule has 1 spiro atoms. The summed E-state index contributed by atoms with van der Waals surface area (Å²) in [6.07, 6.45) is 10.2. The summed E-state index contributed by atoms with van der Waals surface area (Å²) < 4.78 is 39.9. The number of carbonyl (C=O) groups is 2. The van der Waals surface area contributed by atoms with Crippen molar-refractivity contribution in [1.29, 1.82) is 0 Å². The quantitative estimate of drug-likeness (QED) is 0.108. The molecule has 3 N–H and O–H groups in total. The smallest absolute Gasteiger partial charge is 0.329 e. The van der Waals surface area contributed by atoms with Crippen LogP contribution in [-0.2, 0) is 37.8 Å². The number of ether oxygens (including phenoxy) is 1. The molecule has 2 amide bonds. The van der Waals surface area contributed by atoms with Gasteiger partial charge in [-0.15, -0.1) is 0 Å². The van der Waals surface area contributed by atoms with Crippen LogP contribution in [0.5, 0.6) is 0 Å². The van der Waals surface area contributed by atoms with E-state index in [2.05, 4.69) is 25.2 Å². The normalized spacial score (nSPS) is 19.9. The fraction of sp³-hybridized carbons (Fsp3) is 0.488. The van der Waals surface area contributed by atoms with Crippen molar-refractivity contribution in [1.82, 2.24) is 38.6 Å². The lowest BCUT2D eigenvalue weighted by atomic mass is 9.61. The number of carbonyl (C=O) groups excluding carboxylic acids is 2. The van der Waals surface area contributed by atoms with Crippen molar-refractivity contribution >= 4 is 55.5 Å². The highest BCUT2D eigenvalue weighted by molar-refractivity contribution is 7.89. The van der Waals surface area contributed by atoms with Gasteiger partial charge >= 0.3 is 5.69 Å².